The topological polar surface area (TPSA) is 79.0 Å². The molecule has 3 N–H and O–H groups in total. The van der Waals surface area contributed by atoms with Crippen molar-refractivity contribution >= 4 is 30.7 Å². The molecular formula is C19H25Cl2FN4O2. The van der Waals surface area contributed by atoms with Gasteiger partial charge in [0.15, 0.2) is 0 Å². The fraction of sp³-hybridized carbons (Fsp3) is 0.474. The highest BCUT2D eigenvalue weighted by atomic mass is 35.5. The number of fused-ring (bicyclic) bond motifs is 1. The van der Waals surface area contributed by atoms with Crippen LogP contribution in [0.15, 0.2) is 30.6 Å². The molecule has 0 aliphatic carbocycles. The van der Waals surface area contributed by atoms with Crippen LogP contribution >= 0.6 is 24.8 Å². The van der Waals surface area contributed by atoms with Crippen molar-refractivity contribution in [3.63, 3.8) is 0 Å². The molecule has 2 aliphatic heterocycles. The van der Waals surface area contributed by atoms with E-state index in [1.54, 1.807) is 18.5 Å². The van der Waals surface area contributed by atoms with Crippen LogP contribution < -0.4 is 10.6 Å². The number of hydrogen-bond donors (Lipinski definition) is 3. The molecule has 0 saturated carbocycles. The van der Waals surface area contributed by atoms with Gasteiger partial charge in [-0.3, -0.25) is 4.79 Å². The van der Waals surface area contributed by atoms with E-state index < -0.39 is 6.04 Å². The van der Waals surface area contributed by atoms with E-state index in [0.29, 0.717) is 19.8 Å². The van der Waals surface area contributed by atoms with Crippen LogP contribution in [-0.4, -0.2) is 42.2 Å². The molecule has 0 spiro atoms. The minimum atomic E-state index is -0.450. The number of ether oxygens (including phenoxy) is 1. The number of rotatable bonds is 4. The molecule has 3 heterocycles. The Morgan fingerprint density at radius 1 is 1.32 bits per heavy atom. The zero-order valence-electron chi connectivity index (χ0n) is 15.4. The van der Waals surface area contributed by atoms with Crippen molar-refractivity contribution in [1.82, 2.24) is 20.6 Å². The average Bonchev–Trinajstić information content (AvgIpc) is 3.16. The molecule has 0 radical (unpaired) electrons. The number of nitrogens with one attached hydrogen (secondary N) is 3. The third-order valence-corrected chi connectivity index (χ3v) is 5.50. The lowest BCUT2D eigenvalue weighted by molar-refractivity contribution is -0.124. The van der Waals surface area contributed by atoms with Gasteiger partial charge in [-0.15, -0.1) is 24.8 Å². The van der Waals surface area contributed by atoms with Crippen LogP contribution in [0.4, 0.5) is 4.39 Å². The van der Waals surface area contributed by atoms with E-state index in [9.17, 15) is 9.18 Å². The maximum Gasteiger partial charge on any atom is 0.243 e. The van der Waals surface area contributed by atoms with Gasteiger partial charge in [0, 0.05) is 43.8 Å². The van der Waals surface area contributed by atoms with Gasteiger partial charge in [-0.2, -0.15) is 0 Å². The Balaban J connectivity index is 0.00000140. The molecule has 1 unspecified atom stereocenters. The second kappa shape index (κ2) is 9.69. The van der Waals surface area contributed by atoms with Crippen molar-refractivity contribution in [1.29, 1.82) is 0 Å². The summed E-state index contributed by atoms with van der Waals surface area (Å²) in [5.74, 6) is -0.352. The van der Waals surface area contributed by atoms with E-state index in [-0.39, 0.29) is 42.0 Å². The van der Waals surface area contributed by atoms with Crippen molar-refractivity contribution in [2.24, 2.45) is 0 Å². The van der Waals surface area contributed by atoms with Gasteiger partial charge in [-0.25, -0.2) is 9.37 Å². The molecule has 9 heteroatoms. The molecule has 28 heavy (non-hydrogen) atoms. The first kappa shape index (κ1) is 22.6. The Labute approximate surface area is 175 Å². The highest BCUT2D eigenvalue weighted by molar-refractivity contribution is 5.85. The normalized spacial score (nSPS) is 20.2. The molecule has 2 aromatic rings. The van der Waals surface area contributed by atoms with Crippen LogP contribution in [0.1, 0.15) is 35.8 Å². The monoisotopic (exact) mass is 430 g/mol. The van der Waals surface area contributed by atoms with Gasteiger partial charge in [-0.05, 0) is 30.5 Å². The number of aromatic amines is 1. The van der Waals surface area contributed by atoms with E-state index in [1.165, 1.54) is 6.07 Å². The minimum Gasteiger partial charge on any atom is -0.381 e. The quantitative estimate of drug-likeness (QED) is 0.695. The lowest BCUT2D eigenvalue weighted by Gasteiger charge is -2.38. The zero-order valence-corrected chi connectivity index (χ0v) is 17.0. The first-order valence-electron chi connectivity index (χ1n) is 9.05. The number of benzene rings is 1. The Morgan fingerprint density at radius 2 is 2.11 bits per heavy atom. The van der Waals surface area contributed by atoms with Crippen LogP contribution in [-0.2, 0) is 21.4 Å². The summed E-state index contributed by atoms with van der Waals surface area (Å²) in [5, 5.41) is 6.31. The highest BCUT2D eigenvalue weighted by Gasteiger charge is 2.36. The van der Waals surface area contributed by atoms with E-state index in [1.807, 2.05) is 6.07 Å². The molecule has 2 aliphatic rings. The van der Waals surface area contributed by atoms with Crippen molar-refractivity contribution in [2.45, 2.75) is 30.7 Å². The SMILES string of the molecule is Cl.Cl.O=C(NCC1(c2cccc(F)c2)CCOCC1)C1NCCc2[nH]cnc21. The van der Waals surface area contributed by atoms with Gasteiger partial charge < -0.3 is 20.4 Å². The number of carbonyl (C=O) groups excluding carboxylic acids is 1. The average molecular weight is 431 g/mol. The van der Waals surface area contributed by atoms with E-state index >= 15 is 0 Å². The van der Waals surface area contributed by atoms with E-state index in [0.717, 1.165) is 42.8 Å². The summed E-state index contributed by atoms with van der Waals surface area (Å²) < 4.78 is 19.3. The molecule has 0 bridgehead atoms. The predicted molar refractivity (Wildman–Crippen MR) is 109 cm³/mol. The second-order valence-corrected chi connectivity index (χ2v) is 7.02. The third-order valence-electron chi connectivity index (χ3n) is 5.50. The van der Waals surface area contributed by atoms with Crippen molar-refractivity contribution in [3.05, 3.63) is 53.4 Å². The lowest BCUT2D eigenvalue weighted by atomic mass is 9.74. The number of imidazole rings is 1. The zero-order chi connectivity index (χ0) is 18.0. The number of H-pyrrole nitrogens is 1. The van der Waals surface area contributed by atoms with Crippen molar-refractivity contribution < 1.29 is 13.9 Å². The standard InChI is InChI=1S/C19H23FN4O2.2ClH/c20-14-3-1-2-13(10-14)19(5-8-26-9-6-19)11-22-18(25)17-16-15(4-7-21-17)23-12-24-16;;/h1-3,10,12,17,21H,4-9,11H2,(H,22,25)(H,23,24);2*1H. The Bertz CT molecular complexity index is 796. The fourth-order valence-electron chi connectivity index (χ4n) is 3.94. The summed E-state index contributed by atoms with van der Waals surface area (Å²) in [6, 6.07) is 6.23. The fourth-order valence-corrected chi connectivity index (χ4v) is 3.94. The van der Waals surface area contributed by atoms with Gasteiger partial charge in [0.2, 0.25) is 5.91 Å². The molecule has 1 saturated heterocycles. The Kier molecular flexibility index (Phi) is 7.83. The van der Waals surface area contributed by atoms with Crippen molar-refractivity contribution in [3.8, 4) is 0 Å². The highest BCUT2D eigenvalue weighted by Crippen LogP contribution is 2.35. The molecule has 154 valence electrons. The van der Waals surface area contributed by atoms with E-state index in [4.69, 9.17) is 4.74 Å². The maximum atomic E-state index is 13.8. The molecule has 1 atom stereocenters. The third kappa shape index (κ3) is 4.49. The lowest BCUT2D eigenvalue weighted by Crippen LogP contribution is -2.48. The van der Waals surface area contributed by atoms with Gasteiger partial charge >= 0.3 is 0 Å². The summed E-state index contributed by atoms with van der Waals surface area (Å²) >= 11 is 0. The number of nitrogens with zero attached hydrogens (tertiary/aromatic N) is 1. The molecule has 6 nitrogen and oxygen atoms in total. The van der Waals surface area contributed by atoms with Crippen LogP contribution in [0.5, 0.6) is 0 Å². The van der Waals surface area contributed by atoms with Gasteiger partial charge in [0.1, 0.15) is 11.9 Å². The number of aromatic nitrogens is 2. The summed E-state index contributed by atoms with van der Waals surface area (Å²) in [6.45, 7) is 2.40. The number of halogens is 3. The predicted octanol–water partition coefficient (Wildman–Crippen LogP) is 2.44. The van der Waals surface area contributed by atoms with Crippen LogP contribution in [0.2, 0.25) is 0 Å². The molecule has 1 amide bonds. The molecule has 1 fully saturated rings. The summed E-state index contributed by atoms with van der Waals surface area (Å²) in [7, 11) is 0. The second-order valence-electron chi connectivity index (χ2n) is 7.02. The first-order chi connectivity index (χ1) is 12.7. The number of carbonyl (C=O) groups is 1. The molecular weight excluding hydrogens is 406 g/mol. The molecule has 4 rings (SSSR count). The van der Waals surface area contributed by atoms with Gasteiger partial charge in [0.05, 0.1) is 12.0 Å². The van der Waals surface area contributed by atoms with Crippen molar-refractivity contribution in [2.75, 3.05) is 26.3 Å². The minimum absolute atomic E-state index is 0. The molecule has 1 aromatic carbocycles. The Hall–Kier alpha value is -1.67. The van der Waals surface area contributed by atoms with Gasteiger partial charge in [0.25, 0.3) is 0 Å². The maximum absolute atomic E-state index is 13.8. The number of hydrogen-bond acceptors (Lipinski definition) is 4. The van der Waals surface area contributed by atoms with Crippen LogP contribution in [0.25, 0.3) is 0 Å². The van der Waals surface area contributed by atoms with Crippen LogP contribution in [0, 0.1) is 5.82 Å². The smallest absolute Gasteiger partial charge is 0.243 e. The summed E-state index contributed by atoms with van der Waals surface area (Å²) in [5.41, 5.74) is 2.38. The molecule has 1 aromatic heterocycles. The summed E-state index contributed by atoms with van der Waals surface area (Å²) in [4.78, 5) is 20.2. The van der Waals surface area contributed by atoms with E-state index in [2.05, 4.69) is 20.6 Å². The number of amides is 1. The largest absolute Gasteiger partial charge is 0.381 e. The van der Waals surface area contributed by atoms with Crippen LogP contribution in [0.3, 0.4) is 0 Å². The summed E-state index contributed by atoms with van der Waals surface area (Å²) in [6.07, 6.45) is 3.97. The Morgan fingerprint density at radius 3 is 2.86 bits per heavy atom. The van der Waals surface area contributed by atoms with Gasteiger partial charge in [-0.1, -0.05) is 12.1 Å². The first-order valence-corrected chi connectivity index (χ1v) is 9.05.